The van der Waals surface area contributed by atoms with E-state index in [-0.39, 0.29) is 5.91 Å². The summed E-state index contributed by atoms with van der Waals surface area (Å²) in [4.78, 5) is 24.9. The summed E-state index contributed by atoms with van der Waals surface area (Å²) in [7, 11) is 1.60. The van der Waals surface area contributed by atoms with E-state index >= 15 is 0 Å². The van der Waals surface area contributed by atoms with E-state index in [0.717, 1.165) is 6.42 Å². The van der Waals surface area contributed by atoms with E-state index in [1.807, 2.05) is 6.92 Å². The van der Waals surface area contributed by atoms with E-state index in [9.17, 15) is 14.7 Å². The van der Waals surface area contributed by atoms with Gasteiger partial charge in [-0.2, -0.15) is 0 Å². The molecule has 3 atom stereocenters. The van der Waals surface area contributed by atoms with Crippen molar-refractivity contribution in [3.05, 3.63) is 0 Å². The second kappa shape index (κ2) is 7.45. The molecule has 1 aliphatic rings. The van der Waals surface area contributed by atoms with Crippen LogP contribution in [-0.4, -0.2) is 54.2 Å². The number of nitrogens with zero attached hydrogens (tertiary/aromatic N) is 1. The summed E-state index contributed by atoms with van der Waals surface area (Å²) in [6.07, 6.45) is 2.56. The van der Waals surface area contributed by atoms with Gasteiger partial charge in [0, 0.05) is 20.3 Å². The highest BCUT2D eigenvalue weighted by molar-refractivity contribution is 5.87. The molecule has 1 heterocycles. The molecule has 0 bridgehead atoms. The van der Waals surface area contributed by atoms with Crippen molar-refractivity contribution >= 4 is 11.9 Å². The van der Waals surface area contributed by atoms with Gasteiger partial charge < -0.3 is 20.5 Å². The van der Waals surface area contributed by atoms with Crippen LogP contribution in [0, 0.1) is 5.92 Å². The summed E-state index contributed by atoms with van der Waals surface area (Å²) in [5.41, 5.74) is 5.85. The van der Waals surface area contributed by atoms with Gasteiger partial charge in [0.2, 0.25) is 5.91 Å². The van der Waals surface area contributed by atoms with Crippen LogP contribution in [-0.2, 0) is 14.3 Å². The highest BCUT2D eigenvalue weighted by atomic mass is 16.5. The molecule has 3 unspecified atom stereocenters. The van der Waals surface area contributed by atoms with Gasteiger partial charge in [-0.1, -0.05) is 6.92 Å². The highest BCUT2D eigenvalue weighted by Crippen LogP contribution is 2.23. The minimum atomic E-state index is -0.941. The summed E-state index contributed by atoms with van der Waals surface area (Å²) in [5, 5.41) is 9.22. The monoisotopic (exact) mass is 272 g/mol. The minimum absolute atomic E-state index is 0.254. The normalized spacial score (nSPS) is 25.1. The first kappa shape index (κ1) is 15.9. The van der Waals surface area contributed by atoms with Gasteiger partial charge in [-0.25, -0.2) is 4.79 Å². The second-order valence-electron chi connectivity index (χ2n) is 5.26. The van der Waals surface area contributed by atoms with Gasteiger partial charge in [-0.3, -0.25) is 4.79 Å². The Morgan fingerprint density at radius 2 is 2.21 bits per heavy atom. The van der Waals surface area contributed by atoms with Crippen molar-refractivity contribution in [1.82, 2.24) is 4.90 Å². The number of ether oxygens (including phenoxy) is 1. The fourth-order valence-corrected chi connectivity index (χ4v) is 2.42. The van der Waals surface area contributed by atoms with Gasteiger partial charge in [-0.15, -0.1) is 0 Å². The van der Waals surface area contributed by atoms with Crippen LogP contribution in [0.1, 0.15) is 32.6 Å². The van der Waals surface area contributed by atoms with Crippen LogP contribution in [0.4, 0.5) is 0 Å². The molecule has 6 heteroatoms. The van der Waals surface area contributed by atoms with Crippen LogP contribution in [0.2, 0.25) is 0 Å². The molecular formula is C13H24N2O4. The molecule has 1 fully saturated rings. The van der Waals surface area contributed by atoms with E-state index in [1.165, 1.54) is 4.90 Å². The first-order valence-corrected chi connectivity index (χ1v) is 6.75. The Morgan fingerprint density at radius 1 is 1.53 bits per heavy atom. The van der Waals surface area contributed by atoms with Crippen LogP contribution >= 0.6 is 0 Å². The molecule has 0 aromatic heterocycles. The Morgan fingerprint density at radius 3 is 2.79 bits per heavy atom. The smallest absolute Gasteiger partial charge is 0.326 e. The molecule has 1 rings (SSSR count). The number of nitrogens with two attached hydrogens (primary N) is 1. The third kappa shape index (κ3) is 4.47. The lowest BCUT2D eigenvalue weighted by atomic mass is 9.91. The number of methoxy groups -OCH3 is 1. The average molecular weight is 272 g/mol. The SMILES string of the molecule is COCCCC(N)C(=O)N1CCC(C)CC1C(=O)O. The molecule has 1 amide bonds. The Bertz CT molecular complexity index is 322. The van der Waals surface area contributed by atoms with Crippen LogP contribution in [0.3, 0.4) is 0 Å². The van der Waals surface area contributed by atoms with Gasteiger partial charge in [0.1, 0.15) is 6.04 Å². The molecule has 6 nitrogen and oxygen atoms in total. The van der Waals surface area contributed by atoms with Crippen LogP contribution in [0.25, 0.3) is 0 Å². The number of rotatable bonds is 6. The molecule has 1 aliphatic heterocycles. The van der Waals surface area contributed by atoms with Gasteiger partial charge in [0.15, 0.2) is 0 Å². The topological polar surface area (TPSA) is 92.9 Å². The summed E-state index contributed by atoms with van der Waals surface area (Å²) < 4.78 is 4.92. The molecule has 0 aliphatic carbocycles. The summed E-state index contributed by atoms with van der Waals surface area (Å²) >= 11 is 0. The zero-order chi connectivity index (χ0) is 14.4. The fraction of sp³-hybridized carbons (Fsp3) is 0.846. The molecule has 19 heavy (non-hydrogen) atoms. The van der Waals surface area contributed by atoms with E-state index in [2.05, 4.69) is 0 Å². The Kier molecular flexibility index (Phi) is 6.24. The first-order valence-electron chi connectivity index (χ1n) is 6.75. The van der Waals surface area contributed by atoms with Crippen molar-refractivity contribution in [2.75, 3.05) is 20.3 Å². The number of amides is 1. The molecule has 0 saturated carbocycles. The zero-order valence-electron chi connectivity index (χ0n) is 11.7. The summed E-state index contributed by atoms with van der Waals surface area (Å²) in [5.74, 6) is -0.866. The fourth-order valence-electron chi connectivity index (χ4n) is 2.42. The van der Waals surface area contributed by atoms with Gasteiger partial charge >= 0.3 is 5.97 Å². The van der Waals surface area contributed by atoms with Gasteiger partial charge in [0.05, 0.1) is 6.04 Å². The highest BCUT2D eigenvalue weighted by Gasteiger charge is 2.36. The van der Waals surface area contributed by atoms with Crippen molar-refractivity contribution < 1.29 is 19.4 Å². The maximum atomic E-state index is 12.2. The van der Waals surface area contributed by atoms with E-state index in [4.69, 9.17) is 10.5 Å². The van der Waals surface area contributed by atoms with Crippen LogP contribution in [0.15, 0.2) is 0 Å². The molecule has 0 aromatic carbocycles. The number of hydrogen-bond acceptors (Lipinski definition) is 4. The van der Waals surface area contributed by atoms with E-state index in [0.29, 0.717) is 38.3 Å². The zero-order valence-corrected chi connectivity index (χ0v) is 11.7. The predicted molar refractivity (Wildman–Crippen MR) is 70.6 cm³/mol. The van der Waals surface area contributed by atoms with Crippen molar-refractivity contribution in [2.24, 2.45) is 11.7 Å². The third-order valence-electron chi connectivity index (χ3n) is 3.61. The lowest BCUT2D eigenvalue weighted by Crippen LogP contribution is -2.54. The van der Waals surface area contributed by atoms with Crippen molar-refractivity contribution in [3.63, 3.8) is 0 Å². The van der Waals surface area contributed by atoms with Crippen LogP contribution in [0.5, 0.6) is 0 Å². The molecule has 3 N–H and O–H groups in total. The number of piperidine rings is 1. The maximum Gasteiger partial charge on any atom is 0.326 e. The minimum Gasteiger partial charge on any atom is -0.480 e. The molecule has 0 radical (unpaired) electrons. The lowest BCUT2D eigenvalue weighted by Gasteiger charge is -2.37. The lowest BCUT2D eigenvalue weighted by molar-refractivity contribution is -0.153. The standard InChI is InChI=1S/C13H24N2O4/c1-9-5-6-15(11(8-9)13(17)18)12(16)10(14)4-3-7-19-2/h9-11H,3-8,14H2,1-2H3,(H,17,18). The number of likely N-dealkylation sites (tertiary alicyclic amines) is 1. The molecule has 1 saturated heterocycles. The van der Waals surface area contributed by atoms with Crippen molar-refractivity contribution in [2.45, 2.75) is 44.7 Å². The number of aliphatic carboxylic acids is 1. The maximum absolute atomic E-state index is 12.2. The largest absolute Gasteiger partial charge is 0.480 e. The number of hydrogen-bond donors (Lipinski definition) is 2. The van der Waals surface area contributed by atoms with Crippen LogP contribution < -0.4 is 5.73 Å². The number of carbonyl (C=O) groups is 2. The molecule has 110 valence electrons. The van der Waals surface area contributed by atoms with Crippen molar-refractivity contribution in [3.8, 4) is 0 Å². The number of carbonyl (C=O) groups excluding carboxylic acids is 1. The molecule has 0 aromatic rings. The summed E-state index contributed by atoms with van der Waals surface area (Å²) in [6.45, 7) is 3.05. The van der Waals surface area contributed by atoms with Gasteiger partial charge in [-0.05, 0) is 31.6 Å². The Balaban J connectivity index is 2.60. The average Bonchev–Trinajstić information content (AvgIpc) is 2.38. The van der Waals surface area contributed by atoms with Gasteiger partial charge in [0.25, 0.3) is 0 Å². The third-order valence-corrected chi connectivity index (χ3v) is 3.61. The second-order valence-corrected chi connectivity index (χ2v) is 5.26. The summed E-state index contributed by atoms with van der Waals surface area (Å²) in [6, 6.07) is -1.37. The molecule has 0 spiro atoms. The molecular weight excluding hydrogens is 248 g/mol. The van der Waals surface area contributed by atoms with E-state index in [1.54, 1.807) is 7.11 Å². The quantitative estimate of drug-likeness (QED) is 0.685. The number of carboxylic acid groups (broad SMARTS) is 1. The first-order chi connectivity index (χ1) is 8.97. The predicted octanol–water partition coefficient (Wildman–Crippen LogP) is 0.452. The number of carboxylic acids is 1. The van der Waals surface area contributed by atoms with E-state index < -0.39 is 18.1 Å². The Labute approximate surface area is 113 Å². The Hall–Kier alpha value is -1.14. The van der Waals surface area contributed by atoms with Crippen molar-refractivity contribution in [1.29, 1.82) is 0 Å².